The van der Waals surface area contributed by atoms with Gasteiger partial charge in [0.15, 0.2) is 0 Å². The van der Waals surface area contributed by atoms with E-state index in [1.807, 2.05) is 32.9 Å². The number of carbonyl (C=O) groups is 1. The summed E-state index contributed by atoms with van der Waals surface area (Å²) in [5.41, 5.74) is 1.22. The molecule has 7 nitrogen and oxygen atoms in total. The van der Waals surface area contributed by atoms with Crippen LogP contribution in [0.4, 0.5) is 10.6 Å². The minimum absolute atomic E-state index is 0.401. The van der Waals surface area contributed by atoms with Crippen LogP contribution in [0.3, 0.4) is 0 Å². The van der Waals surface area contributed by atoms with Crippen LogP contribution in [0.5, 0.6) is 0 Å². The third-order valence-electron chi connectivity index (χ3n) is 2.81. The molecule has 0 aliphatic rings. The molecule has 0 bridgehead atoms. The van der Waals surface area contributed by atoms with Crippen molar-refractivity contribution in [2.45, 2.75) is 32.8 Å². The van der Waals surface area contributed by atoms with Gasteiger partial charge in [-0.3, -0.25) is 0 Å². The maximum absolute atomic E-state index is 11.5. The van der Waals surface area contributed by atoms with Gasteiger partial charge in [0.25, 0.3) is 0 Å². The van der Waals surface area contributed by atoms with Gasteiger partial charge in [-0.05, 0) is 33.3 Å². The molecule has 0 aliphatic heterocycles. The van der Waals surface area contributed by atoms with Gasteiger partial charge in [-0.15, -0.1) is 0 Å². The standard InChI is InChI=1S/C16H22N4O3/c1-16(2,3)23-15(21)18-7-4-6-17-14-9-13(19-11-20-14)12-5-8-22-10-12/h5,8-11H,4,6-7H2,1-3H3,(H,18,21)(H,17,19,20). The van der Waals surface area contributed by atoms with Crippen LogP contribution < -0.4 is 10.6 Å². The Hall–Kier alpha value is -2.57. The van der Waals surface area contributed by atoms with Gasteiger partial charge in [0, 0.05) is 24.7 Å². The van der Waals surface area contributed by atoms with Gasteiger partial charge in [0.05, 0.1) is 18.2 Å². The Labute approximate surface area is 135 Å². The fraction of sp³-hybridized carbons (Fsp3) is 0.438. The zero-order valence-electron chi connectivity index (χ0n) is 13.6. The number of hydrogen-bond acceptors (Lipinski definition) is 6. The quantitative estimate of drug-likeness (QED) is 0.796. The number of nitrogens with one attached hydrogen (secondary N) is 2. The summed E-state index contributed by atoms with van der Waals surface area (Å²) in [6, 6.07) is 3.70. The molecule has 0 unspecified atom stereocenters. The van der Waals surface area contributed by atoms with Crippen molar-refractivity contribution in [1.82, 2.24) is 15.3 Å². The zero-order chi connectivity index (χ0) is 16.7. The van der Waals surface area contributed by atoms with E-state index in [1.165, 1.54) is 6.33 Å². The number of anilines is 1. The molecule has 7 heteroatoms. The minimum atomic E-state index is -0.479. The van der Waals surface area contributed by atoms with E-state index in [1.54, 1.807) is 12.5 Å². The van der Waals surface area contributed by atoms with Gasteiger partial charge in [-0.2, -0.15) is 0 Å². The molecule has 0 fully saturated rings. The van der Waals surface area contributed by atoms with E-state index in [2.05, 4.69) is 20.6 Å². The number of furan rings is 1. The summed E-state index contributed by atoms with van der Waals surface area (Å²) in [7, 11) is 0. The average Bonchev–Trinajstić information content (AvgIpc) is 2.99. The zero-order valence-corrected chi connectivity index (χ0v) is 13.6. The van der Waals surface area contributed by atoms with Crippen LogP contribution in [-0.2, 0) is 4.74 Å². The highest BCUT2D eigenvalue weighted by Gasteiger charge is 2.15. The highest BCUT2D eigenvalue weighted by atomic mass is 16.6. The molecular weight excluding hydrogens is 296 g/mol. The molecule has 2 N–H and O–H groups in total. The lowest BCUT2D eigenvalue weighted by Crippen LogP contribution is -2.33. The molecular formula is C16H22N4O3. The number of nitrogens with zero attached hydrogens (tertiary/aromatic N) is 2. The van der Waals surface area contributed by atoms with Crippen molar-refractivity contribution >= 4 is 11.9 Å². The summed E-state index contributed by atoms with van der Waals surface area (Å²) in [6.45, 7) is 6.71. The summed E-state index contributed by atoms with van der Waals surface area (Å²) in [5, 5.41) is 5.91. The molecule has 1 amide bonds. The van der Waals surface area contributed by atoms with E-state index in [0.717, 1.165) is 23.5 Å². The molecule has 124 valence electrons. The second-order valence-corrected chi connectivity index (χ2v) is 6.01. The van der Waals surface area contributed by atoms with Crippen molar-refractivity contribution in [3.8, 4) is 11.3 Å². The SMILES string of the molecule is CC(C)(C)OC(=O)NCCCNc1cc(-c2ccoc2)ncn1. The van der Waals surface area contributed by atoms with E-state index >= 15 is 0 Å². The van der Waals surface area contributed by atoms with Crippen molar-refractivity contribution in [1.29, 1.82) is 0 Å². The van der Waals surface area contributed by atoms with Crippen LogP contribution >= 0.6 is 0 Å². The number of ether oxygens (including phenoxy) is 1. The highest BCUT2D eigenvalue weighted by molar-refractivity contribution is 5.67. The molecule has 0 radical (unpaired) electrons. The molecule has 0 aromatic carbocycles. The summed E-state index contributed by atoms with van der Waals surface area (Å²) in [5.74, 6) is 0.730. The molecule has 0 aliphatic carbocycles. The maximum atomic E-state index is 11.5. The largest absolute Gasteiger partial charge is 0.472 e. The smallest absolute Gasteiger partial charge is 0.407 e. The first-order valence-corrected chi connectivity index (χ1v) is 7.49. The molecule has 0 spiro atoms. The van der Waals surface area contributed by atoms with Gasteiger partial charge in [-0.25, -0.2) is 14.8 Å². The lowest BCUT2D eigenvalue weighted by atomic mass is 10.2. The first-order valence-electron chi connectivity index (χ1n) is 7.49. The van der Waals surface area contributed by atoms with Crippen molar-refractivity contribution in [2.24, 2.45) is 0 Å². The highest BCUT2D eigenvalue weighted by Crippen LogP contribution is 2.18. The summed E-state index contributed by atoms with van der Waals surface area (Å²) >= 11 is 0. The van der Waals surface area contributed by atoms with Crippen LogP contribution in [0.1, 0.15) is 27.2 Å². The fourth-order valence-electron chi connectivity index (χ4n) is 1.83. The Morgan fingerprint density at radius 3 is 2.83 bits per heavy atom. The van der Waals surface area contributed by atoms with E-state index in [0.29, 0.717) is 13.1 Å². The topological polar surface area (TPSA) is 89.3 Å². The van der Waals surface area contributed by atoms with Crippen LogP contribution in [-0.4, -0.2) is 34.8 Å². The Bertz CT molecular complexity index is 621. The number of aromatic nitrogens is 2. The molecule has 2 rings (SSSR count). The Balaban J connectivity index is 1.71. The lowest BCUT2D eigenvalue weighted by molar-refractivity contribution is 0.0528. The molecule has 2 heterocycles. The minimum Gasteiger partial charge on any atom is -0.472 e. The van der Waals surface area contributed by atoms with Crippen molar-refractivity contribution in [2.75, 3.05) is 18.4 Å². The second kappa shape index (κ2) is 7.62. The molecule has 23 heavy (non-hydrogen) atoms. The van der Waals surface area contributed by atoms with Crippen LogP contribution in [0.25, 0.3) is 11.3 Å². The first kappa shape index (κ1) is 16.8. The molecule has 2 aromatic heterocycles. The number of carbonyl (C=O) groups excluding carboxylic acids is 1. The maximum Gasteiger partial charge on any atom is 0.407 e. The number of alkyl carbamates (subject to hydrolysis) is 1. The van der Waals surface area contributed by atoms with Crippen LogP contribution in [0.15, 0.2) is 35.4 Å². The summed E-state index contributed by atoms with van der Waals surface area (Å²) < 4.78 is 10.2. The second-order valence-electron chi connectivity index (χ2n) is 6.01. The third kappa shape index (κ3) is 5.98. The van der Waals surface area contributed by atoms with Crippen LogP contribution in [0.2, 0.25) is 0 Å². The summed E-state index contributed by atoms with van der Waals surface area (Å²) in [6.07, 6.45) is 5.10. The first-order chi connectivity index (χ1) is 10.9. The average molecular weight is 318 g/mol. The number of amides is 1. The van der Waals surface area contributed by atoms with Gasteiger partial charge < -0.3 is 19.8 Å². The number of rotatable bonds is 6. The molecule has 0 saturated carbocycles. The van der Waals surface area contributed by atoms with E-state index < -0.39 is 11.7 Å². The lowest BCUT2D eigenvalue weighted by Gasteiger charge is -2.19. The molecule has 2 aromatic rings. The third-order valence-corrected chi connectivity index (χ3v) is 2.81. The van der Waals surface area contributed by atoms with Gasteiger partial charge in [0.1, 0.15) is 17.7 Å². The normalized spacial score (nSPS) is 11.1. The molecule has 0 saturated heterocycles. The fourth-order valence-corrected chi connectivity index (χ4v) is 1.83. The predicted molar refractivity (Wildman–Crippen MR) is 87.1 cm³/mol. The Morgan fingerprint density at radius 2 is 2.13 bits per heavy atom. The van der Waals surface area contributed by atoms with Gasteiger partial charge >= 0.3 is 6.09 Å². The van der Waals surface area contributed by atoms with Gasteiger partial charge in [0.2, 0.25) is 0 Å². The molecule has 0 atom stereocenters. The predicted octanol–water partition coefficient (Wildman–Crippen LogP) is 3.06. The van der Waals surface area contributed by atoms with E-state index in [4.69, 9.17) is 9.15 Å². The monoisotopic (exact) mass is 318 g/mol. The van der Waals surface area contributed by atoms with Crippen molar-refractivity contribution in [3.05, 3.63) is 31.0 Å². The van der Waals surface area contributed by atoms with Crippen molar-refractivity contribution in [3.63, 3.8) is 0 Å². The number of hydrogen-bond donors (Lipinski definition) is 2. The Morgan fingerprint density at radius 1 is 1.30 bits per heavy atom. The van der Waals surface area contributed by atoms with Gasteiger partial charge in [-0.1, -0.05) is 0 Å². The van der Waals surface area contributed by atoms with Crippen molar-refractivity contribution < 1.29 is 13.9 Å². The van der Waals surface area contributed by atoms with E-state index in [-0.39, 0.29) is 0 Å². The van der Waals surface area contributed by atoms with Crippen LogP contribution in [0, 0.1) is 0 Å². The summed E-state index contributed by atoms with van der Waals surface area (Å²) in [4.78, 5) is 19.8. The van der Waals surface area contributed by atoms with E-state index in [9.17, 15) is 4.79 Å². The Kier molecular flexibility index (Phi) is 5.56.